The Morgan fingerprint density at radius 3 is 2.50 bits per heavy atom. The number of ketones is 1. The average Bonchev–Trinajstić information content (AvgIpc) is 2.84. The smallest absolute Gasteiger partial charge is 0.324 e. The Morgan fingerprint density at radius 1 is 1.28 bits per heavy atom. The fraction of sp³-hybridized carbons (Fsp3) is 0.818. The van der Waals surface area contributed by atoms with Crippen LogP contribution in [0.4, 0.5) is 13.2 Å². The number of alkyl halides is 4. The molecule has 7 heteroatoms. The highest BCUT2D eigenvalue weighted by atomic mass is 79.9. The van der Waals surface area contributed by atoms with Gasteiger partial charge in [-0.2, -0.15) is 13.2 Å². The molecule has 102 valence electrons. The summed E-state index contributed by atoms with van der Waals surface area (Å²) in [4.78, 5) is 23.9. The molecular weight excluding hydrogens is 315 g/mol. The Hall–Kier alpha value is -0.590. The molecule has 0 spiro atoms. The van der Waals surface area contributed by atoms with E-state index in [0.29, 0.717) is 0 Å². The van der Waals surface area contributed by atoms with Crippen molar-refractivity contribution >= 4 is 27.6 Å². The van der Waals surface area contributed by atoms with Gasteiger partial charge in [0.25, 0.3) is 0 Å². The average molecular weight is 328 g/mol. The maximum Gasteiger partial charge on any atom is 0.471 e. The van der Waals surface area contributed by atoms with Crippen molar-refractivity contribution in [3.8, 4) is 0 Å². The van der Waals surface area contributed by atoms with Gasteiger partial charge in [0, 0.05) is 6.54 Å². The first-order valence-electron chi connectivity index (χ1n) is 5.82. The minimum atomic E-state index is -4.90. The number of amides is 1. The maximum atomic E-state index is 12.5. The summed E-state index contributed by atoms with van der Waals surface area (Å²) in [7, 11) is 0. The van der Waals surface area contributed by atoms with E-state index >= 15 is 0 Å². The van der Waals surface area contributed by atoms with Gasteiger partial charge in [0.05, 0.1) is 11.4 Å². The zero-order chi connectivity index (χ0) is 13.5. The molecule has 1 aliphatic carbocycles. The third-order valence-corrected chi connectivity index (χ3v) is 4.41. The lowest BCUT2D eigenvalue weighted by molar-refractivity contribution is -0.187. The predicted octanol–water partition coefficient (Wildman–Crippen LogP) is 2.14. The third-order valence-electron chi connectivity index (χ3n) is 3.86. The van der Waals surface area contributed by atoms with Gasteiger partial charge in [-0.3, -0.25) is 9.59 Å². The monoisotopic (exact) mass is 327 g/mol. The highest BCUT2D eigenvalue weighted by molar-refractivity contribution is 9.09. The number of fused-ring (bicyclic) bond motifs is 1. The second kappa shape index (κ2) is 4.83. The standard InChI is InChI=1S/C11H13BrF3NO2/c12-4-8(17)9-7-3-1-2-6(7)5-16(9)10(18)11(13,14)15/h6-7,9H,1-5H2. The zero-order valence-electron chi connectivity index (χ0n) is 9.54. The minimum absolute atomic E-state index is 0.0114. The molecule has 0 N–H and O–H groups in total. The largest absolute Gasteiger partial charge is 0.471 e. The van der Waals surface area contributed by atoms with E-state index in [4.69, 9.17) is 0 Å². The van der Waals surface area contributed by atoms with Crippen LogP contribution >= 0.6 is 15.9 Å². The van der Waals surface area contributed by atoms with Gasteiger partial charge < -0.3 is 4.90 Å². The first-order chi connectivity index (χ1) is 8.36. The summed E-state index contributed by atoms with van der Waals surface area (Å²) in [5, 5.41) is -0.0114. The molecule has 1 heterocycles. The Bertz CT molecular complexity index is 372. The van der Waals surface area contributed by atoms with E-state index in [9.17, 15) is 22.8 Å². The van der Waals surface area contributed by atoms with E-state index in [2.05, 4.69) is 15.9 Å². The van der Waals surface area contributed by atoms with Crippen LogP contribution in [0.5, 0.6) is 0 Å². The van der Waals surface area contributed by atoms with E-state index in [-0.39, 0.29) is 29.5 Å². The van der Waals surface area contributed by atoms with Crippen LogP contribution in [0.2, 0.25) is 0 Å². The van der Waals surface area contributed by atoms with Crippen LogP contribution < -0.4 is 0 Å². The number of rotatable bonds is 2. The number of nitrogens with zero attached hydrogens (tertiary/aromatic N) is 1. The molecular formula is C11H13BrF3NO2. The molecule has 1 saturated carbocycles. The van der Waals surface area contributed by atoms with Crippen molar-refractivity contribution in [3.63, 3.8) is 0 Å². The molecule has 0 radical (unpaired) electrons. The highest BCUT2D eigenvalue weighted by Crippen LogP contribution is 2.43. The van der Waals surface area contributed by atoms with Gasteiger partial charge in [-0.25, -0.2) is 0 Å². The molecule has 0 bridgehead atoms. The third kappa shape index (κ3) is 2.29. The molecule has 1 aliphatic heterocycles. The summed E-state index contributed by atoms with van der Waals surface area (Å²) in [6, 6.07) is -0.897. The van der Waals surface area contributed by atoms with Crippen LogP contribution in [-0.2, 0) is 9.59 Å². The summed E-state index contributed by atoms with van der Waals surface area (Å²) in [5.74, 6) is -2.26. The number of Topliss-reactive ketones (excluding diaryl/α,β-unsaturated/α-hetero) is 1. The second-order valence-electron chi connectivity index (χ2n) is 4.85. The van der Waals surface area contributed by atoms with E-state index in [0.717, 1.165) is 24.2 Å². The van der Waals surface area contributed by atoms with Crippen molar-refractivity contribution in [2.75, 3.05) is 11.9 Å². The second-order valence-corrected chi connectivity index (χ2v) is 5.42. The zero-order valence-corrected chi connectivity index (χ0v) is 11.1. The molecule has 2 aliphatic rings. The number of carbonyl (C=O) groups is 2. The van der Waals surface area contributed by atoms with E-state index in [1.54, 1.807) is 0 Å². The molecule has 2 rings (SSSR count). The van der Waals surface area contributed by atoms with Gasteiger partial charge in [-0.15, -0.1) is 0 Å². The quantitative estimate of drug-likeness (QED) is 0.729. The van der Waals surface area contributed by atoms with E-state index in [1.165, 1.54) is 0 Å². The molecule has 3 atom stereocenters. The Kier molecular flexibility index (Phi) is 3.71. The Balaban J connectivity index is 2.24. The number of likely N-dealkylation sites (tertiary alicyclic amines) is 1. The lowest BCUT2D eigenvalue weighted by atomic mass is 9.92. The van der Waals surface area contributed by atoms with Gasteiger partial charge in [-0.05, 0) is 24.7 Å². The van der Waals surface area contributed by atoms with Crippen LogP contribution in [0.25, 0.3) is 0 Å². The first kappa shape index (κ1) is 13.8. The van der Waals surface area contributed by atoms with Crippen molar-refractivity contribution < 1.29 is 22.8 Å². The molecule has 0 aromatic carbocycles. The Labute approximate surface area is 111 Å². The molecule has 3 nitrogen and oxygen atoms in total. The number of halogens is 4. The van der Waals surface area contributed by atoms with Crippen molar-refractivity contribution in [1.82, 2.24) is 4.90 Å². The molecule has 1 amide bonds. The summed E-state index contributed by atoms with van der Waals surface area (Å²) in [6.45, 7) is 0.0619. The van der Waals surface area contributed by atoms with E-state index < -0.39 is 18.1 Å². The molecule has 0 aromatic rings. The normalized spacial score (nSPS) is 31.6. The minimum Gasteiger partial charge on any atom is -0.324 e. The highest BCUT2D eigenvalue weighted by Gasteiger charge is 2.54. The van der Waals surface area contributed by atoms with Gasteiger partial charge in [-0.1, -0.05) is 22.4 Å². The number of carbonyl (C=O) groups excluding carboxylic acids is 2. The summed E-state index contributed by atoms with van der Waals surface area (Å²) in [5.41, 5.74) is 0. The fourth-order valence-corrected chi connectivity index (χ4v) is 3.50. The summed E-state index contributed by atoms with van der Waals surface area (Å²) < 4.78 is 37.5. The summed E-state index contributed by atoms with van der Waals surface area (Å²) in [6.07, 6.45) is -2.44. The van der Waals surface area contributed by atoms with Crippen molar-refractivity contribution in [2.24, 2.45) is 11.8 Å². The van der Waals surface area contributed by atoms with Crippen LogP contribution in [0.15, 0.2) is 0 Å². The molecule has 1 saturated heterocycles. The molecule has 18 heavy (non-hydrogen) atoms. The van der Waals surface area contributed by atoms with Crippen LogP contribution in [0.3, 0.4) is 0 Å². The molecule has 3 unspecified atom stereocenters. The van der Waals surface area contributed by atoms with Gasteiger partial charge in [0.15, 0.2) is 5.78 Å². The predicted molar refractivity (Wildman–Crippen MR) is 61.2 cm³/mol. The molecule has 0 aromatic heterocycles. The number of hydrogen-bond acceptors (Lipinski definition) is 2. The fourth-order valence-electron chi connectivity index (χ4n) is 3.17. The van der Waals surface area contributed by atoms with Gasteiger partial charge in [0.1, 0.15) is 0 Å². The lowest BCUT2D eigenvalue weighted by Gasteiger charge is -2.26. The maximum absolute atomic E-state index is 12.5. The molecule has 2 fully saturated rings. The van der Waals surface area contributed by atoms with Crippen molar-refractivity contribution in [1.29, 1.82) is 0 Å². The van der Waals surface area contributed by atoms with E-state index in [1.807, 2.05) is 0 Å². The summed E-state index contributed by atoms with van der Waals surface area (Å²) >= 11 is 2.98. The SMILES string of the molecule is O=C(CBr)C1C2CCCC2CN1C(=O)C(F)(F)F. The topological polar surface area (TPSA) is 37.4 Å². The van der Waals surface area contributed by atoms with Crippen molar-refractivity contribution in [3.05, 3.63) is 0 Å². The van der Waals surface area contributed by atoms with Crippen molar-refractivity contribution in [2.45, 2.75) is 31.5 Å². The lowest BCUT2D eigenvalue weighted by Crippen LogP contribution is -2.49. The van der Waals surface area contributed by atoms with Crippen LogP contribution in [0.1, 0.15) is 19.3 Å². The first-order valence-corrected chi connectivity index (χ1v) is 6.95. The van der Waals surface area contributed by atoms with Crippen LogP contribution in [0, 0.1) is 11.8 Å². The Morgan fingerprint density at radius 2 is 1.94 bits per heavy atom. The van der Waals surface area contributed by atoms with Gasteiger partial charge >= 0.3 is 12.1 Å². The number of hydrogen-bond donors (Lipinski definition) is 0. The van der Waals surface area contributed by atoms with Crippen LogP contribution in [-0.4, -0.2) is 40.7 Å². The van der Waals surface area contributed by atoms with Gasteiger partial charge in [0.2, 0.25) is 0 Å².